The van der Waals surface area contributed by atoms with Crippen molar-refractivity contribution in [3.63, 3.8) is 0 Å². The maximum Gasteiger partial charge on any atom is 0.161 e. The monoisotopic (exact) mass is 380 g/mol. The van der Waals surface area contributed by atoms with Crippen molar-refractivity contribution in [1.29, 1.82) is 0 Å². The molecule has 1 saturated heterocycles. The van der Waals surface area contributed by atoms with Crippen LogP contribution in [0.25, 0.3) is 0 Å². The van der Waals surface area contributed by atoms with E-state index in [4.69, 9.17) is 14.2 Å². The van der Waals surface area contributed by atoms with E-state index in [9.17, 15) is 5.11 Å². The number of morpholine rings is 1. The third-order valence-corrected chi connectivity index (χ3v) is 4.93. The van der Waals surface area contributed by atoms with Gasteiger partial charge in [-0.1, -0.05) is 19.9 Å². The van der Waals surface area contributed by atoms with Crippen molar-refractivity contribution in [2.75, 3.05) is 53.0 Å². The zero-order valence-corrected chi connectivity index (χ0v) is 17.5. The van der Waals surface area contributed by atoms with Crippen LogP contribution >= 0.6 is 0 Å². The highest BCUT2D eigenvalue weighted by Gasteiger charge is 2.27. The lowest BCUT2D eigenvalue weighted by atomic mass is 10.1. The SMILES string of the molecule is CCN(CC)C[C@H](O)COc1cc(CN2CCOC(C)(C)C2)ccc1OC. The molecule has 1 N–H and O–H groups in total. The standard InChI is InChI=1S/C21H36N2O4/c1-6-22(7-2)14-18(24)15-26-20-12-17(8-9-19(20)25-5)13-23-10-11-27-21(3,4)16-23/h8-9,12,18,24H,6-7,10-11,13-16H2,1-5H3/t18-/m0/s1. The van der Waals surface area contributed by atoms with Crippen molar-refractivity contribution in [2.45, 2.75) is 45.9 Å². The lowest BCUT2D eigenvalue weighted by Gasteiger charge is -2.38. The lowest BCUT2D eigenvalue weighted by Crippen LogP contribution is -2.47. The molecule has 0 unspecified atom stereocenters. The van der Waals surface area contributed by atoms with E-state index in [1.54, 1.807) is 7.11 Å². The van der Waals surface area contributed by atoms with Gasteiger partial charge in [-0.15, -0.1) is 0 Å². The molecule has 27 heavy (non-hydrogen) atoms. The molecule has 0 bridgehead atoms. The Kier molecular flexibility index (Phi) is 8.35. The van der Waals surface area contributed by atoms with Crippen molar-refractivity contribution in [2.24, 2.45) is 0 Å². The van der Waals surface area contributed by atoms with Gasteiger partial charge < -0.3 is 24.2 Å². The van der Waals surface area contributed by atoms with Gasteiger partial charge in [0.05, 0.1) is 19.3 Å². The number of likely N-dealkylation sites (N-methyl/N-ethyl adjacent to an activating group) is 1. The van der Waals surface area contributed by atoms with E-state index in [0.29, 0.717) is 18.0 Å². The van der Waals surface area contributed by atoms with Crippen LogP contribution in [0.1, 0.15) is 33.3 Å². The molecule has 1 aromatic carbocycles. The molecular formula is C21H36N2O4. The second-order valence-electron chi connectivity index (χ2n) is 7.75. The number of hydrogen-bond donors (Lipinski definition) is 1. The third kappa shape index (κ3) is 6.96. The minimum atomic E-state index is -0.529. The van der Waals surface area contributed by atoms with Gasteiger partial charge in [-0.2, -0.15) is 0 Å². The predicted octanol–water partition coefficient (Wildman–Crippen LogP) is 2.39. The predicted molar refractivity (Wildman–Crippen MR) is 108 cm³/mol. The average Bonchev–Trinajstić information content (AvgIpc) is 2.63. The second kappa shape index (κ2) is 10.3. The molecule has 2 rings (SSSR count). The Hall–Kier alpha value is -1.34. The van der Waals surface area contributed by atoms with Crippen molar-refractivity contribution in [3.05, 3.63) is 23.8 Å². The van der Waals surface area contributed by atoms with Gasteiger partial charge in [-0.05, 0) is 44.6 Å². The van der Waals surface area contributed by atoms with Gasteiger partial charge in [0.15, 0.2) is 11.5 Å². The Balaban J connectivity index is 1.98. The molecule has 0 saturated carbocycles. The van der Waals surface area contributed by atoms with Crippen molar-refractivity contribution < 1.29 is 19.3 Å². The summed E-state index contributed by atoms with van der Waals surface area (Å²) < 4.78 is 17.1. The normalized spacial score (nSPS) is 18.5. The zero-order valence-electron chi connectivity index (χ0n) is 17.5. The van der Waals surface area contributed by atoms with E-state index in [2.05, 4.69) is 43.6 Å². The summed E-state index contributed by atoms with van der Waals surface area (Å²) in [5.41, 5.74) is 1.06. The van der Waals surface area contributed by atoms with Gasteiger partial charge in [0, 0.05) is 26.2 Å². The highest BCUT2D eigenvalue weighted by Crippen LogP contribution is 2.29. The largest absolute Gasteiger partial charge is 0.493 e. The average molecular weight is 381 g/mol. The maximum absolute atomic E-state index is 10.3. The summed E-state index contributed by atoms with van der Waals surface area (Å²) in [7, 11) is 1.64. The number of benzene rings is 1. The summed E-state index contributed by atoms with van der Waals surface area (Å²) in [5.74, 6) is 1.37. The molecular weight excluding hydrogens is 344 g/mol. The van der Waals surface area contributed by atoms with Crippen LogP contribution in [0, 0.1) is 0 Å². The van der Waals surface area contributed by atoms with Crippen LogP contribution in [0.5, 0.6) is 11.5 Å². The smallest absolute Gasteiger partial charge is 0.161 e. The summed E-state index contributed by atoms with van der Waals surface area (Å²) in [5, 5.41) is 10.3. The fourth-order valence-corrected chi connectivity index (χ4v) is 3.46. The molecule has 0 spiro atoms. The van der Waals surface area contributed by atoms with E-state index < -0.39 is 6.10 Å². The molecule has 1 aliphatic rings. The number of ether oxygens (including phenoxy) is 3. The fraction of sp³-hybridized carbons (Fsp3) is 0.714. The molecule has 0 amide bonds. The van der Waals surface area contributed by atoms with Crippen LogP contribution in [0.4, 0.5) is 0 Å². The Labute approximate surface area is 164 Å². The minimum absolute atomic E-state index is 0.113. The summed E-state index contributed by atoms with van der Waals surface area (Å²) in [6, 6.07) is 6.03. The molecule has 0 aromatic heterocycles. The molecule has 6 nitrogen and oxygen atoms in total. The van der Waals surface area contributed by atoms with Gasteiger partial charge in [0.1, 0.15) is 12.7 Å². The van der Waals surface area contributed by atoms with Gasteiger partial charge >= 0.3 is 0 Å². The Morgan fingerprint density at radius 3 is 2.63 bits per heavy atom. The molecule has 1 aromatic rings. The van der Waals surface area contributed by atoms with E-state index in [-0.39, 0.29) is 12.2 Å². The number of nitrogens with zero attached hydrogens (tertiary/aromatic N) is 2. The minimum Gasteiger partial charge on any atom is -0.493 e. The Morgan fingerprint density at radius 1 is 1.26 bits per heavy atom. The Morgan fingerprint density at radius 2 is 2.00 bits per heavy atom. The highest BCUT2D eigenvalue weighted by molar-refractivity contribution is 5.43. The van der Waals surface area contributed by atoms with Crippen molar-refractivity contribution in [3.8, 4) is 11.5 Å². The van der Waals surface area contributed by atoms with Gasteiger partial charge in [-0.25, -0.2) is 0 Å². The summed E-state index contributed by atoms with van der Waals surface area (Å²) >= 11 is 0. The number of aliphatic hydroxyl groups excluding tert-OH is 1. The lowest BCUT2D eigenvalue weighted by molar-refractivity contribution is -0.0882. The van der Waals surface area contributed by atoms with Crippen LogP contribution in [0.15, 0.2) is 18.2 Å². The van der Waals surface area contributed by atoms with Gasteiger partial charge in [0.2, 0.25) is 0 Å². The van der Waals surface area contributed by atoms with Gasteiger partial charge in [-0.3, -0.25) is 4.90 Å². The number of methoxy groups -OCH3 is 1. The zero-order chi connectivity index (χ0) is 19.9. The number of aliphatic hydroxyl groups is 1. The first-order valence-corrected chi connectivity index (χ1v) is 9.93. The number of rotatable bonds is 10. The summed E-state index contributed by atoms with van der Waals surface area (Å²) in [6.07, 6.45) is -0.529. The van der Waals surface area contributed by atoms with Crippen LogP contribution in [0.3, 0.4) is 0 Å². The van der Waals surface area contributed by atoms with E-state index >= 15 is 0 Å². The van der Waals surface area contributed by atoms with Crippen LogP contribution in [-0.4, -0.2) is 79.7 Å². The molecule has 1 aliphatic heterocycles. The second-order valence-corrected chi connectivity index (χ2v) is 7.75. The molecule has 1 fully saturated rings. The number of hydrogen-bond acceptors (Lipinski definition) is 6. The first-order valence-electron chi connectivity index (χ1n) is 9.93. The van der Waals surface area contributed by atoms with Crippen LogP contribution in [-0.2, 0) is 11.3 Å². The highest BCUT2D eigenvalue weighted by atomic mass is 16.5. The molecule has 154 valence electrons. The fourth-order valence-electron chi connectivity index (χ4n) is 3.46. The third-order valence-electron chi connectivity index (χ3n) is 4.93. The van der Waals surface area contributed by atoms with E-state index in [1.165, 1.54) is 5.56 Å². The van der Waals surface area contributed by atoms with Gasteiger partial charge in [0.25, 0.3) is 0 Å². The molecule has 6 heteroatoms. The Bertz CT molecular complexity index is 575. The van der Waals surface area contributed by atoms with Crippen molar-refractivity contribution in [1.82, 2.24) is 9.80 Å². The molecule has 1 heterocycles. The quantitative estimate of drug-likeness (QED) is 0.673. The van der Waals surface area contributed by atoms with Crippen LogP contribution < -0.4 is 9.47 Å². The molecule has 1 atom stereocenters. The van der Waals surface area contributed by atoms with E-state index in [0.717, 1.165) is 39.3 Å². The van der Waals surface area contributed by atoms with Crippen LogP contribution in [0.2, 0.25) is 0 Å². The summed E-state index contributed by atoms with van der Waals surface area (Å²) in [4.78, 5) is 4.58. The van der Waals surface area contributed by atoms with E-state index in [1.807, 2.05) is 12.1 Å². The molecule has 0 radical (unpaired) electrons. The van der Waals surface area contributed by atoms with Crippen molar-refractivity contribution >= 4 is 0 Å². The first-order chi connectivity index (χ1) is 12.9. The summed E-state index contributed by atoms with van der Waals surface area (Å²) in [6.45, 7) is 14.6. The first kappa shape index (κ1) is 22.0. The topological polar surface area (TPSA) is 54.4 Å². The molecule has 0 aliphatic carbocycles. The maximum atomic E-state index is 10.3.